The van der Waals surface area contributed by atoms with Crippen molar-refractivity contribution in [3.8, 4) is 5.75 Å². The molecule has 8 nitrogen and oxygen atoms in total. The Morgan fingerprint density at radius 3 is 2.45 bits per heavy atom. The minimum absolute atomic E-state index is 0. The number of benzene rings is 2. The molecule has 0 bridgehead atoms. The second kappa shape index (κ2) is 14.4. The zero-order valence-corrected chi connectivity index (χ0v) is 18.9. The summed E-state index contributed by atoms with van der Waals surface area (Å²) in [6.07, 6.45) is -1.52. The van der Waals surface area contributed by atoms with Crippen molar-refractivity contribution in [3.63, 3.8) is 0 Å². The molecular formula is C22H28ClF2N3O5. The lowest BCUT2D eigenvalue weighted by Crippen LogP contribution is -2.32. The first-order valence-electron chi connectivity index (χ1n) is 10.0. The van der Waals surface area contributed by atoms with E-state index in [4.69, 9.17) is 30.5 Å². The summed E-state index contributed by atoms with van der Waals surface area (Å²) in [5, 5.41) is 18.7. The SMILES string of the molecule is CCO[C@H](C(=O)NCc1ccc(C(=N)N)cc1)c1c(F)ccc(OCCOCCO)c1F.Cl. The molecule has 2 aromatic rings. The van der Waals surface area contributed by atoms with Crippen LogP contribution in [0.25, 0.3) is 0 Å². The Bertz CT molecular complexity index is 916. The number of halogens is 3. The molecule has 1 amide bonds. The summed E-state index contributed by atoms with van der Waals surface area (Å²) in [5.74, 6) is -3.02. The standard InChI is InChI=1S/C22H27F2N3O5.ClH/c1-2-31-20(22(29)27-13-14-3-5-15(6-4-14)21(25)26)18-16(23)7-8-17(19(18)24)32-12-11-30-10-9-28;/h3-8,20,28H,2,9-13H2,1H3,(H3,25,26)(H,27,29);1H/t20-;/m0./s1. The number of hydrogen-bond donors (Lipinski definition) is 4. The first-order valence-corrected chi connectivity index (χ1v) is 10.0. The van der Waals surface area contributed by atoms with Gasteiger partial charge in [0.05, 0.1) is 25.4 Å². The third-order valence-corrected chi connectivity index (χ3v) is 4.38. The van der Waals surface area contributed by atoms with Crippen LogP contribution in [0, 0.1) is 17.0 Å². The summed E-state index contributed by atoms with van der Waals surface area (Å²) in [5.41, 5.74) is 6.11. The van der Waals surface area contributed by atoms with Gasteiger partial charge in [-0.2, -0.15) is 0 Å². The monoisotopic (exact) mass is 487 g/mol. The number of nitrogens with two attached hydrogens (primary N) is 1. The Morgan fingerprint density at radius 2 is 1.85 bits per heavy atom. The summed E-state index contributed by atoms with van der Waals surface area (Å²) in [6, 6.07) is 8.75. The molecule has 33 heavy (non-hydrogen) atoms. The highest BCUT2D eigenvalue weighted by molar-refractivity contribution is 5.94. The van der Waals surface area contributed by atoms with Gasteiger partial charge in [-0.1, -0.05) is 24.3 Å². The zero-order chi connectivity index (χ0) is 23.5. The first kappa shape index (κ1) is 28.2. The van der Waals surface area contributed by atoms with Gasteiger partial charge in [0.2, 0.25) is 0 Å². The molecular weight excluding hydrogens is 460 g/mol. The topological polar surface area (TPSA) is 127 Å². The van der Waals surface area contributed by atoms with E-state index >= 15 is 0 Å². The van der Waals surface area contributed by atoms with Gasteiger partial charge in [-0.05, 0) is 24.6 Å². The van der Waals surface area contributed by atoms with Crippen LogP contribution in [0.1, 0.15) is 29.7 Å². The Labute approximate surface area is 196 Å². The highest BCUT2D eigenvalue weighted by Gasteiger charge is 2.29. The Balaban J connectivity index is 0.00000544. The summed E-state index contributed by atoms with van der Waals surface area (Å²) in [4.78, 5) is 12.7. The van der Waals surface area contributed by atoms with Gasteiger partial charge in [-0.25, -0.2) is 8.78 Å². The third-order valence-electron chi connectivity index (χ3n) is 4.38. The largest absolute Gasteiger partial charge is 0.488 e. The predicted octanol–water partition coefficient (Wildman–Crippen LogP) is 2.45. The van der Waals surface area contributed by atoms with Crippen molar-refractivity contribution in [2.75, 3.05) is 33.0 Å². The maximum Gasteiger partial charge on any atom is 0.254 e. The lowest BCUT2D eigenvalue weighted by atomic mass is 10.1. The van der Waals surface area contributed by atoms with Crippen LogP contribution in [0.4, 0.5) is 8.78 Å². The molecule has 0 aliphatic heterocycles. The molecule has 0 heterocycles. The molecule has 0 saturated heterocycles. The minimum atomic E-state index is -1.52. The summed E-state index contributed by atoms with van der Waals surface area (Å²) >= 11 is 0. The van der Waals surface area contributed by atoms with Crippen LogP contribution in [0.3, 0.4) is 0 Å². The number of amides is 1. The molecule has 0 aromatic heterocycles. The fraction of sp³-hybridized carbons (Fsp3) is 0.364. The molecule has 0 aliphatic rings. The number of aliphatic hydroxyl groups is 1. The molecule has 11 heteroatoms. The number of carbonyl (C=O) groups excluding carboxylic acids is 1. The second-order valence-corrected chi connectivity index (χ2v) is 6.62. The number of carbonyl (C=O) groups is 1. The van der Waals surface area contributed by atoms with Crippen molar-refractivity contribution in [2.24, 2.45) is 5.73 Å². The van der Waals surface area contributed by atoms with Gasteiger partial charge in [0.1, 0.15) is 18.3 Å². The van der Waals surface area contributed by atoms with Crippen LogP contribution in [-0.4, -0.2) is 49.9 Å². The minimum Gasteiger partial charge on any atom is -0.488 e. The molecule has 0 unspecified atom stereocenters. The van der Waals surface area contributed by atoms with Crippen molar-refractivity contribution in [1.29, 1.82) is 5.41 Å². The van der Waals surface area contributed by atoms with Crippen LogP contribution >= 0.6 is 12.4 Å². The fourth-order valence-corrected chi connectivity index (χ4v) is 2.82. The van der Waals surface area contributed by atoms with Gasteiger partial charge >= 0.3 is 0 Å². The maximum absolute atomic E-state index is 15.0. The van der Waals surface area contributed by atoms with Gasteiger partial charge in [-0.3, -0.25) is 10.2 Å². The number of rotatable bonds is 13. The Hall–Kier alpha value is -2.79. The Kier molecular flexibility index (Phi) is 12.3. The van der Waals surface area contributed by atoms with Gasteiger partial charge in [-0.15, -0.1) is 12.4 Å². The molecule has 0 spiro atoms. The fourth-order valence-electron chi connectivity index (χ4n) is 2.82. The average molecular weight is 488 g/mol. The quantitative estimate of drug-likeness (QED) is 0.195. The highest BCUT2D eigenvalue weighted by atomic mass is 35.5. The zero-order valence-electron chi connectivity index (χ0n) is 18.1. The van der Waals surface area contributed by atoms with E-state index in [2.05, 4.69) is 5.32 Å². The van der Waals surface area contributed by atoms with Gasteiger partial charge in [0.15, 0.2) is 17.7 Å². The van der Waals surface area contributed by atoms with E-state index in [9.17, 15) is 13.6 Å². The molecule has 2 aromatic carbocycles. The molecule has 0 radical (unpaired) electrons. The smallest absolute Gasteiger partial charge is 0.254 e. The van der Waals surface area contributed by atoms with E-state index in [1.165, 1.54) is 0 Å². The van der Waals surface area contributed by atoms with E-state index in [1.54, 1.807) is 31.2 Å². The lowest BCUT2D eigenvalue weighted by molar-refractivity contribution is -0.133. The van der Waals surface area contributed by atoms with Crippen molar-refractivity contribution in [1.82, 2.24) is 5.32 Å². The first-order chi connectivity index (χ1) is 15.4. The second-order valence-electron chi connectivity index (χ2n) is 6.62. The molecule has 1 atom stereocenters. The van der Waals surface area contributed by atoms with Crippen molar-refractivity contribution in [2.45, 2.75) is 19.6 Å². The summed E-state index contributed by atoms with van der Waals surface area (Å²) in [6.45, 7) is 1.78. The normalized spacial score (nSPS) is 11.4. The molecule has 182 valence electrons. The average Bonchev–Trinajstić information content (AvgIpc) is 2.78. The van der Waals surface area contributed by atoms with Crippen molar-refractivity contribution >= 4 is 24.1 Å². The summed E-state index contributed by atoms with van der Waals surface area (Å²) < 4.78 is 45.2. The van der Waals surface area contributed by atoms with Crippen LogP contribution in [0.2, 0.25) is 0 Å². The van der Waals surface area contributed by atoms with E-state index in [-0.39, 0.29) is 63.6 Å². The molecule has 0 saturated carbocycles. The van der Waals surface area contributed by atoms with Crippen LogP contribution in [0.15, 0.2) is 36.4 Å². The molecule has 2 rings (SSSR count). The van der Waals surface area contributed by atoms with Crippen LogP contribution < -0.4 is 15.8 Å². The number of nitrogen functional groups attached to an aromatic ring is 1. The van der Waals surface area contributed by atoms with E-state index in [0.29, 0.717) is 11.1 Å². The summed E-state index contributed by atoms with van der Waals surface area (Å²) in [7, 11) is 0. The number of ether oxygens (including phenoxy) is 3. The van der Waals surface area contributed by atoms with Gasteiger partial charge < -0.3 is 30.4 Å². The number of aliphatic hydroxyl groups excluding tert-OH is 1. The highest BCUT2D eigenvalue weighted by Crippen LogP contribution is 2.30. The molecule has 0 fully saturated rings. The van der Waals surface area contributed by atoms with Crippen molar-refractivity contribution < 1.29 is 32.9 Å². The predicted molar refractivity (Wildman–Crippen MR) is 121 cm³/mol. The maximum atomic E-state index is 15.0. The number of hydrogen-bond acceptors (Lipinski definition) is 6. The molecule has 5 N–H and O–H groups in total. The van der Waals surface area contributed by atoms with Crippen LogP contribution in [-0.2, 0) is 20.8 Å². The van der Waals surface area contributed by atoms with E-state index in [1.807, 2.05) is 0 Å². The van der Waals surface area contributed by atoms with Crippen LogP contribution in [0.5, 0.6) is 5.75 Å². The number of amidine groups is 1. The molecule has 0 aliphatic carbocycles. The Morgan fingerprint density at radius 1 is 1.15 bits per heavy atom. The van der Waals surface area contributed by atoms with E-state index in [0.717, 1.165) is 12.1 Å². The van der Waals surface area contributed by atoms with Crippen molar-refractivity contribution in [3.05, 3.63) is 64.7 Å². The third kappa shape index (κ3) is 8.25. The lowest BCUT2D eigenvalue weighted by Gasteiger charge is -2.20. The number of nitrogens with one attached hydrogen (secondary N) is 2. The van der Waals surface area contributed by atoms with E-state index < -0.39 is 29.2 Å². The van der Waals surface area contributed by atoms with Gasteiger partial charge in [0, 0.05) is 18.7 Å². The van der Waals surface area contributed by atoms with Gasteiger partial charge in [0.25, 0.3) is 5.91 Å².